The minimum atomic E-state index is -0.385. The minimum Gasteiger partial charge on any atom is -0.342 e. The predicted molar refractivity (Wildman–Crippen MR) is 49.6 cm³/mol. The Bertz CT molecular complexity index is 198. The van der Waals surface area contributed by atoms with Crippen molar-refractivity contribution in [3.8, 4) is 0 Å². The third kappa shape index (κ3) is 1.86. The largest absolute Gasteiger partial charge is 0.342 e. The van der Waals surface area contributed by atoms with E-state index in [1.807, 2.05) is 6.92 Å². The number of fused-ring (bicyclic) bond motifs is 2. The van der Waals surface area contributed by atoms with Gasteiger partial charge >= 0.3 is 0 Å². The van der Waals surface area contributed by atoms with E-state index in [-0.39, 0.29) is 18.0 Å². The summed E-state index contributed by atoms with van der Waals surface area (Å²) in [6, 6.07) is 0. The van der Waals surface area contributed by atoms with Crippen LogP contribution in [-0.2, 0) is 9.47 Å². The summed E-state index contributed by atoms with van der Waals surface area (Å²) in [6.45, 7) is 4.64. The van der Waals surface area contributed by atoms with Gasteiger partial charge < -0.3 is 19.7 Å². The quantitative estimate of drug-likeness (QED) is 0.639. The summed E-state index contributed by atoms with van der Waals surface area (Å²) in [6.07, 6.45) is 0.441. The SMILES string of the molecule is CN(C)C[C@H]1O[C@]2(C)CNC[C@H]1O2. The van der Waals surface area contributed by atoms with Crippen molar-refractivity contribution < 1.29 is 9.47 Å². The average molecular weight is 186 g/mol. The van der Waals surface area contributed by atoms with E-state index in [1.54, 1.807) is 0 Å². The molecule has 0 spiro atoms. The maximum atomic E-state index is 5.86. The summed E-state index contributed by atoms with van der Waals surface area (Å²) >= 11 is 0. The van der Waals surface area contributed by atoms with Crippen molar-refractivity contribution in [1.82, 2.24) is 10.2 Å². The third-order valence-corrected chi connectivity index (χ3v) is 2.55. The van der Waals surface area contributed by atoms with Gasteiger partial charge in [0, 0.05) is 19.6 Å². The van der Waals surface area contributed by atoms with Crippen molar-refractivity contribution >= 4 is 0 Å². The first-order valence-electron chi connectivity index (χ1n) is 4.80. The van der Waals surface area contributed by atoms with Crippen LogP contribution in [0.15, 0.2) is 0 Å². The lowest BCUT2D eigenvalue weighted by molar-refractivity contribution is -0.169. The molecule has 0 radical (unpaired) electrons. The van der Waals surface area contributed by atoms with Gasteiger partial charge in [-0.05, 0) is 21.0 Å². The van der Waals surface area contributed by atoms with Gasteiger partial charge in [0.2, 0.25) is 0 Å². The second-order valence-corrected chi connectivity index (χ2v) is 4.34. The number of hydrogen-bond donors (Lipinski definition) is 1. The fraction of sp³-hybridized carbons (Fsp3) is 1.00. The second kappa shape index (κ2) is 3.20. The van der Waals surface area contributed by atoms with E-state index in [9.17, 15) is 0 Å². The first-order chi connectivity index (χ1) is 6.09. The van der Waals surface area contributed by atoms with Gasteiger partial charge in [0.1, 0.15) is 12.2 Å². The summed E-state index contributed by atoms with van der Waals surface area (Å²) in [5.41, 5.74) is 0. The summed E-state index contributed by atoms with van der Waals surface area (Å²) < 4.78 is 11.6. The van der Waals surface area contributed by atoms with Crippen molar-refractivity contribution in [2.45, 2.75) is 24.9 Å². The van der Waals surface area contributed by atoms with E-state index in [0.29, 0.717) is 0 Å². The Morgan fingerprint density at radius 1 is 1.46 bits per heavy atom. The molecule has 2 heterocycles. The molecule has 0 aliphatic carbocycles. The van der Waals surface area contributed by atoms with E-state index in [1.165, 1.54) is 0 Å². The van der Waals surface area contributed by atoms with Crippen LogP contribution in [0.5, 0.6) is 0 Å². The van der Waals surface area contributed by atoms with Crippen molar-refractivity contribution in [3.63, 3.8) is 0 Å². The molecule has 2 rings (SSSR count). The highest BCUT2D eigenvalue weighted by Crippen LogP contribution is 2.30. The highest BCUT2D eigenvalue weighted by molar-refractivity contribution is 4.91. The second-order valence-electron chi connectivity index (χ2n) is 4.34. The lowest BCUT2D eigenvalue weighted by Crippen LogP contribution is -2.47. The Kier molecular flexibility index (Phi) is 2.32. The smallest absolute Gasteiger partial charge is 0.178 e. The van der Waals surface area contributed by atoms with Gasteiger partial charge in [0.25, 0.3) is 0 Å². The summed E-state index contributed by atoms with van der Waals surface area (Å²) in [7, 11) is 4.11. The Morgan fingerprint density at radius 2 is 2.23 bits per heavy atom. The molecule has 0 amide bonds. The molecule has 0 aromatic carbocycles. The summed E-state index contributed by atoms with van der Waals surface area (Å²) in [4.78, 5) is 2.14. The Labute approximate surface area is 79.2 Å². The molecule has 4 heteroatoms. The van der Waals surface area contributed by atoms with Crippen LogP contribution in [0.25, 0.3) is 0 Å². The topological polar surface area (TPSA) is 33.7 Å². The van der Waals surface area contributed by atoms with Crippen LogP contribution >= 0.6 is 0 Å². The molecule has 1 N–H and O–H groups in total. The lowest BCUT2D eigenvalue weighted by Gasteiger charge is -2.27. The molecule has 0 aromatic rings. The highest BCUT2D eigenvalue weighted by atomic mass is 16.8. The van der Waals surface area contributed by atoms with Gasteiger partial charge in [0.05, 0.1) is 0 Å². The van der Waals surface area contributed by atoms with Gasteiger partial charge in [-0.1, -0.05) is 0 Å². The molecule has 0 aromatic heterocycles. The Morgan fingerprint density at radius 3 is 2.85 bits per heavy atom. The summed E-state index contributed by atoms with van der Waals surface area (Å²) in [5.74, 6) is -0.385. The van der Waals surface area contributed by atoms with Crippen molar-refractivity contribution in [2.75, 3.05) is 33.7 Å². The number of nitrogens with zero attached hydrogens (tertiary/aromatic N) is 1. The Balaban J connectivity index is 2.00. The normalized spacial score (nSPS) is 44.3. The number of rotatable bonds is 2. The zero-order chi connectivity index (χ0) is 9.47. The fourth-order valence-electron chi connectivity index (χ4n) is 2.03. The third-order valence-electron chi connectivity index (χ3n) is 2.55. The number of ether oxygens (including phenoxy) is 2. The van der Waals surface area contributed by atoms with Gasteiger partial charge in [-0.3, -0.25) is 0 Å². The molecule has 13 heavy (non-hydrogen) atoms. The van der Waals surface area contributed by atoms with Gasteiger partial charge in [-0.15, -0.1) is 0 Å². The zero-order valence-corrected chi connectivity index (χ0v) is 8.54. The fourth-order valence-corrected chi connectivity index (χ4v) is 2.03. The molecule has 2 fully saturated rings. The monoisotopic (exact) mass is 186 g/mol. The van der Waals surface area contributed by atoms with Crippen LogP contribution in [0, 0.1) is 0 Å². The number of morpholine rings is 1. The van der Waals surface area contributed by atoms with Crippen molar-refractivity contribution in [1.29, 1.82) is 0 Å². The molecule has 3 atom stereocenters. The number of likely N-dealkylation sites (N-methyl/N-ethyl adjacent to an activating group) is 1. The standard InChI is InChI=1S/C9H18N2O2/c1-9-6-10-4-7(12-9)8(13-9)5-11(2)3/h7-8,10H,4-6H2,1-3H3/t7-,8-,9-/m1/s1. The van der Waals surface area contributed by atoms with Crippen LogP contribution in [0.3, 0.4) is 0 Å². The van der Waals surface area contributed by atoms with Crippen LogP contribution in [0.2, 0.25) is 0 Å². The van der Waals surface area contributed by atoms with E-state index in [2.05, 4.69) is 24.3 Å². The van der Waals surface area contributed by atoms with Crippen LogP contribution in [-0.4, -0.2) is 56.6 Å². The summed E-state index contributed by atoms with van der Waals surface area (Å²) in [5, 5.41) is 3.32. The van der Waals surface area contributed by atoms with Gasteiger partial charge in [0.15, 0.2) is 5.79 Å². The van der Waals surface area contributed by atoms with E-state index < -0.39 is 0 Å². The molecule has 2 aliphatic heterocycles. The zero-order valence-electron chi connectivity index (χ0n) is 8.54. The molecule has 2 saturated heterocycles. The van der Waals surface area contributed by atoms with E-state index in [0.717, 1.165) is 19.6 Å². The highest BCUT2D eigenvalue weighted by Gasteiger charge is 2.47. The first kappa shape index (κ1) is 9.40. The molecule has 0 unspecified atom stereocenters. The lowest BCUT2D eigenvalue weighted by atomic mass is 10.2. The maximum absolute atomic E-state index is 5.86. The maximum Gasteiger partial charge on any atom is 0.178 e. The molecule has 2 aliphatic rings. The molecular weight excluding hydrogens is 168 g/mol. The molecular formula is C9H18N2O2. The van der Waals surface area contributed by atoms with Gasteiger partial charge in [-0.25, -0.2) is 0 Å². The predicted octanol–water partition coefficient (Wildman–Crippen LogP) is -0.349. The van der Waals surface area contributed by atoms with Crippen LogP contribution in [0.4, 0.5) is 0 Å². The van der Waals surface area contributed by atoms with Crippen LogP contribution in [0.1, 0.15) is 6.92 Å². The number of hydrogen-bond acceptors (Lipinski definition) is 4. The average Bonchev–Trinajstić information content (AvgIpc) is 2.21. The molecule has 0 saturated carbocycles. The Hall–Kier alpha value is -0.160. The van der Waals surface area contributed by atoms with Crippen molar-refractivity contribution in [2.24, 2.45) is 0 Å². The van der Waals surface area contributed by atoms with Crippen molar-refractivity contribution in [3.05, 3.63) is 0 Å². The molecule has 4 nitrogen and oxygen atoms in total. The van der Waals surface area contributed by atoms with E-state index in [4.69, 9.17) is 9.47 Å². The first-order valence-corrected chi connectivity index (χ1v) is 4.80. The molecule has 76 valence electrons. The van der Waals surface area contributed by atoms with E-state index >= 15 is 0 Å². The number of nitrogens with one attached hydrogen (secondary N) is 1. The van der Waals surface area contributed by atoms with Gasteiger partial charge in [-0.2, -0.15) is 0 Å². The van der Waals surface area contributed by atoms with Crippen LogP contribution < -0.4 is 5.32 Å². The minimum absolute atomic E-state index is 0.218. The molecule has 2 bridgehead atoms.